The van der Waals surface area contributed by atoms with E-state index in [-0.39, 0.29) is 29.9 Å². The molecule has 1 aliphatic rings. The number of esters is 1. The van der Waals surface area contributed by atoms with Gasteiger partial charge in [0.15, 0.2) is 0 Å². The van der Waals surface area contributed by atoms with Crippen molar-refractivity contribution >= 4 is 69.5 Å². The highest BCUT2D eigenvalue weighted by molar-refractivity contribution is 8.00. The zero-order valence-electron chi connectivity index (χ0n) is 29.1. The third-order valence-electron chi connectivity index (χ3n) is 7.97. The van der Waals surface area contributed by atoms with E-state index in [0.717, 1.165) is 10.4 Å². The average molecular weight is 743 g/mol. The topological polar surface area (TPSA) is 152 Å². The quantitative estimate of drug-likeness (QED) is 0.0853. The molecule has 4 aromatic rings. The molecule has 3 aromatic carbocycles. The zero-order valence-corrected chi connectivity index (χ0v) is 30.7. The Hall–Kier alpha value is -5.60. The Kier molecular flexibility index (Phi) is 12.7. The molecule has 0 unspecified atom stereocenters. The van der Waals surface area contributed by atoms with Crippen LogP contribution in [0.25, 0.3) is 6.08 Å². The fourth-order valence-corrected chi connectivity index (χ4v) is 7.41. The van der Waals surface area contributed by atoms with Gasteiger partial charge in [0.1, 0.15) is 22.2 Å². The SMILES string of the molecule is CCOC(=O)c1c(NC(=O)CSc2cccc(NC(=O)/C(=C\c3ccc(OC)cc3OC)NC(=O)c3ccccc3)c2)sc2c1CCN(C(C)=O)C2. The Labute approximate surface area is 309 Å². The number of hydrogen-bond donors (Lipinski definition) is 3. The number of carbonyl (C=O) groups excluding carboxylic acids is 5. The van der Waals surface area contributed by atoms with Gasteiger partial charge in [-0.05, 0) is 67.4 Å². The van der Waals surface area contributed by atoms with Gasteiger partial charge in [-0.15, -0.1) is 23.1 Å². The summed E-state index contributed by atoms with van der Waals surface area (Å²) in [7, 11) is 3.03. The fraction of sp³-hybridized carbons (Fsp3) is 0.237. The predicted molar refractivity (Wildman–Crippen MR) is 201 cm³/mol. The van der Waals surface area contributed by atoms with Crippen LogP contribution in [0.15, 0.2) is 83.4 Å². The van der Waals surface area contributed by atoms with Gasteiger partial charge in [0.2, 0.25) is 11.8 Å². The Balaban J connectivity index is 1.30. The van der Waals surface area contributed by atoms with E-state index < -0.39 is 17.8 Å². The van der Waals surface area contributed by atoms with E-state index in [1.807, 2.05) is 0 Å². The summed E-state index contributed by atoms with van der Waals surface area (Å²) in [6, 6.07) is 20.6. The number of ether oxygens (including phenoxy) is 3. The maximum atomic E-state index is 13.7. The summed E-state index contributed by atoms with van der Waals surface area (Å²) in [5, 5.41) is 8.83. The maximum absolute atomic E-state index is 13.7. The van der Waals surface area contributed by atoms with E-state index in [9.17, 15) is 24.0 Å². The summed E-state index contributed by atoms with van der Waals surface area (Å²) >= 11 is 2.51. The first-order chi connectivity index (χ1) is 25.1. The van der Waals surface area contributed by atoms with Gasteiger partial charge in [0, 0.05) is 46.1 Å². The van der Waals surface area contributed by atoms with Crippen LogP contribution in [0.1, 0.15) is 50.6 Å². The first-order valence-corrected chi connectivity index (χ1v) is 18.1. The second-order valence-corrected chi connectivity index (χ2v) is 13.6. The van der Waals surface area contributed by atoms with Crippen molar-refractivity contribution in [3.8, 4) is 11.5 Å². The molecule has 12 nitrogen and oxygen atoms in total. The standard InChI is InChI=1S/C38H38N4O8S2/c1-5-50-38(47)34-29-16-17-42(23(2)43)21-32(29)52-37(34)41-33(44)22-51-28-13-9-12-26(19-28)39-36(46)30(40-35(45)24-10-7-6-8-11-24)18-25-14-15-27(48-3)20-31(25)49-4/h6-15,18-20H,5,16-17,21-22H2,1-4H3,(H,39,46)(H,40,45)(H,41,44)/b30-18+. The fourth-order valence-electron chi connectivity index (χ4n) is 5.39. The molecule has 0 radical (unpaired) electrons. The van der Waals surface area contributed by atoms with Crippen LogP contribution in [-0.2, 0) is 32.1 Å². The van der Waals surface area contributed by atoms with Crippen molar-refractivity contribution in [3.63, 3.8) is 0 Å². The number of anilines is 2. The van der Waals surface area contributed by atoms with Crippen LogP contribution in [0, 0.1) is 0 Å². The Morgan fingerprint density at radius 2 is 1.73 bits per heavy atom. The van der Waals surface area contributed by atoms with Gasteiger partial charge in [-0.1, -0.05) is 24.3 Å². The highest BCUT2D eigenvalue weighted by atomic mass is 32.2. The number of amides is 4. The molecule has 3 N–H and O–H groups in total. The molecular formula is C38H38N4O8S2. The second-order valence-electron chi connectivity index (χ2n) is 11.4. The number of nitrogens with one attached hydrogen (secondary N) is 3. The average Bonchev–Trinajstić information content (AvgIpc) is 3.51. The molecule has 0 saturated heterocycles. The number of thioether (sulfide) groups is 1. The van der Waals surface area contributed by atoms with Crippen LogP contribution in [0.2, 0.25) is 0 Å². The van der Waals surface area contributed by atoms with Gasteiger partial charge < -0.3 is 35.1 Å². The lowest BCUT2D eigenvalue weighted by molar-refractivity contribution is -0.129. The summed E-state index contributed by atoms with van der Waals surface area (Å²) in [6.45, 7) is 4.25. The van der Waals surface area contributed by atoms with Gasteiger partial charge in [-0.25, -0.2) is 4.79 Å². The molecule has 0 saturated carbocycles. The second kappa shape index (κ2) is 17.6. The van der Waals surface area contributed by atoms with Crippen molar-refractivity contribution < 1.29 is 38.2 Å². The van der Waals surface area contributed by atoms with Crippen molar-refractivity contribution in [2.24, 2.45) is 0 Å². The summed E-state index contributed by atoms with van der Waals surface area (Å²) in [5.74, 6) is -0.958. The van der Waals surface area contributed by atoms with Gasteiger partial charge in [0.25, 0.3) is 11.8 Å². The highest BCUT2D eigenvalue weighted by Gasteiger charge is 2.30. The van der Waals surface area contributed by atoms with Crippen LogP contribution in [-0.4, -0.2) is 67.6 Å². The lowest BCUT2D eigenvalue weighted by Gasteiger charge is -2.25. The first-order valence-electron chi connectivity index (χ1n) is 16.3. The van der Waals surface area contributed by atoms with E-state index in [4.69, 9.17) is 14.2 Å². The molecule has 1 aliphatic heterocycles. The van der Waals surface area contributed by atoms with Crippen molar-refractivity contribution in [1.29, 1.82) is 0 Å². The van der Waals surface area contributed by atoms with E-state index >= 15 is 0 Å². The van der Waals surface area contributed by atoms with E-state index in [0.29, 0.717) is 63.3 Å². The number of fused-ring (bicyclic) bond motifs is 1. The van der Waals surface area contributed by atoms with E-state index in [2.05, 4.69) is 16.0 Å². The number of carbonyl (C=O) groups is 5. The molecular weight excluding hydrogens is 705 g/mol. The van der Waals surface area contributed by atoms with Crippen LogP contribution in [0.5, 0.6) is 11.5 Å². The Morgan fingerprint density at radius 1 is 0.942 bits per heavy atom. The third-order valence-corrected chi connectivity index (χ3v) is 10.1. The van der Waals surface area contributed by atoms with Crippen LogP contribution < -0.4 is 25.4 Å². The van der Waals surface area contributed by atoms with Crippen LogP contribution in [0.3, 0.4) is 0 Å². The summed E-state index contributed by atoms with van der Waals surface area (Å²) in [5.41, 5.74) is 2.44. The summed E-state index contributed by atoms with van der Waals surface area (Å²) < 4.78 is 16.1. The smallest absolute Gasteiger partial charge is 0.341 e. The van der Waals surface area contributed by atoms with Crippen molar-refractivity contribution in [1.82, 2.24) is 10.2 Å². The van der Waals surface area contributed by atoms with E-state index in [1.165, 1.54) is 50.3 Å². The minimum absolute atomic E-state index is 0.0113. The molecule has 2 heterocycles. The van der Waals surface area contributed by atoms with Crippen molar-refractivity contribution in [2.45, 2.75) is 31.7 Å². The van der Waals surface area contributed by atoms with Gasteiger partial charge in [-0.2, -0.15) is 0 Å². The molecule has 0 fully saturated rings. The number of hydrogen-bond acceptors (Lipinski definition) is 10. The summed E-state index contributed by atoms with van der Waals surface area (Å²) in [4.78, 5) is 68.1. The Morgan fingerprint density at radius 3 is 2.44 bits per heavy atom. The minimum Gasteiger partial charge on any atom is -0.497 e. The zero-order chi connectivity index (χ0) is 37.2. The molecule has 52 heavy (non-hydrogen) atoms. The van der Waals surface area contributed by atoms with Gasteiger partial charge in [-0.3, -0.25) is 19.2 Å². The number of nitrogens with zero attached hydrogens (tertiary/aromatic N) is 1. The lowest BCUT2D eigenvalue weighted by atomic mass is 10.0. The first kappa shape index (κ1) is 37.7. The summed E-state index contributed by atoms with van der Waals surface area (Å²) in [6.07, 6.45) is 2.01. The van der Waals surface area contributed by atoms with E-state index in [1.54, 1.807) is 84.6 Å². The largest absolute Gasteiger partial charge is 0.497 e. The molecule has 14 heteroatoms. The molecule has 1 aromatic heterocycles. The van der Waals surface area contributed by atoms with Crippen LogP contribution >= 0.6 is 23.1 Å². The predicted octanol–water partition coefficient (Wildman–Crippen LogP) is 5.99. The number of methoxy groups -OCH3 is 2. The number of thiophene rings is 1. The molecule has 0 spiro atoms. The third kappa shape index (κ3) is 9.38. The molecule has 5 rings (SSSR count). The van der Waals surface area contributed by atoms with Gasteiger partial charge in [0.05, 0.1) is 38.7 Å². The van der Waals surface area contributed by atoms with Crippen molar-refractivity contribution in [3.05, 3.63) is 106 Å². The number of rotatable bonds is 13. The minimum atomic E-state index is -0.585. The van der Waals surface area contributed by atoms with Gasteiger partial charge >= 0.3 is 5.97 Å². The van der Waals surface area contributed by atoms with Crippen molar-refractivity contribution in [2.75, 3.05) is 43.8 Å². The monoisotopic (exact) mass is 742 g/mol. The Bertz CT molecular complexity index is 2010. The van der Waals surface area contributed by atoms with Crippen LogP contribution in [0.4, 0.5) is 10.7 Å². The number of benzene rings is 3. The molecule has 0 aliphatic carbocycles. The molecule has 270 valence electrons. The molecule has 0 atom stereocenters. The lowest BCUT2D eigenvalue weighted by Crippen LogP contribution is -2.34. The highest BCUT2D eigenvalue weighted by Crippen LogP contribution is 2.38. The maximum Gasteiger partial charge on any atom is 0.341 e. The normalized spacial score (nSPS) is 12.3. The molecule has 4 amide bonds. The molecule has 0 bridgehead atoms.